The highest BCUT2D eigenvalue weighted by atomic mass is 16.4. The number of benzene rings is 7. The molecule has 3 aromatic heterocycles. The summed E-state index contributed by atoms with van der Waals surface area (Å²) in [6, 6.07) is 49.0. The highest BCUT2D eigenvalue weighted by Crippen LogP contribution is 2.40. The van der Waals surface area contributed by atoms with Crippen LogP contribution in [0.1, 0.15) is 0 Å². The van der Waals surface area contributed by atoms with E-state index in [1.165, 1.54) is 5.39 Å². The van der Waals surface area contributed by atoms with Crippen molar-refractivity contribution in [3.05, 3.63) is 146 Å². The van der Waals surface area contributed by atoms with Crippen molar-refractivity contribution in [2.45, 2.75) is 0 Å². The van der Waals surface area contributed by atoms with E-state index in [1.54, 1.807) is 0 Å². The minimum absolute atomic E-state index is 0.578. The number of hydrogen-bond donors (Lipinski definition) is 0. The van der Waals surface area contributed by atoms with Gasteiger partial charge < -0.3 is 8.83 Å². The average Bonchev–Trinajstić information content (AvgIpc) is 3.75. The number of hydrogen-bond acceptors (Lipinski definition) is 6. The smallest absolute Gasteiger partial charge is 0.227 e. The second-order valence-corrected chi connectivity index (χ2v) is 11.9. The van der Waals surface area contributed by atoms with Crippen molar-refractivity contribution in [3.8, 4) is 45.6 Å². The molecule has 48 heavy (non-hydrogen) atoms. The van der Waals surface area contributed by atoms with Gasteiger partial charge in [-0.2, -0.15) is 0 Å². The van der Waals surface area contributed by atoms with Gasteiger partial charge in [0.05, 0.1) is 5.39 Å². The predicted molar refractivity (Wildman–Crippen MR) is 191 cm³/mol. The van der Waals surface area contributed by atoms with Crippen molar-refractivity contribution < 1.29 is 8.83 Å². The first-order valence-electron chi connectivity index (χ1n) is 15.8. The van der Waals surface area contributed by atoms with Crippen LogP contribution in [0.15, 0.2) is 154 Å². The van der Waals surface area contributed by atoms with Gasteiger partial charge in [0.1, 0.15) is 16.7 Å². The molecule has 0 saturated heterocycles. The molecule has 0 fully saturated rings. The molecular weight excluding hydrogens is 592 g/mol. The maximum absolute atomic E-state index is 6.40. The molecule has 3 heterocycles. The summed E-state index contributed by atoms with van der Waals surface area (Å²) in [4.78, 5) is 20.1. The van der Waals surface area contributed by atoms with E-state index >= 15 is 0 Å². The first-order chi connectivity index (χ1) is 23.7. The van der Waals surface area contributed by atoms with E-state index in [4.69, 9.17) is 28.8 Å². The standard InChI is InChI=1S/C42H24N4O2/c1-3-11-26(12-4-1)39-44-40(30-19-18-25-10-7-8-15-28(25)22-30)46-41(45-39)31-17-9-16-29-23-36-33(24-32(29)31)37-34(47-36)20-21-35-38(37)43-42(48-35)27-13-5-2-6-14-27/h1-24H. The van der Waals surface area contributed by atoms with Crippen molar-refractivity contribution >= 4 is 54.6 Å². The monoisotopic (exact) mass is 616 g/mol. The van der Waals surface area contributed by atoms with Crippen molar-refractivity contribution in [1.29, 1.82) is 0 Å². The molecule has 0 aliphatic carbocycles. The first kappa shape index (κ1) is 26.5. The summed E-state index contributed by atoms with van der Waals surface area (Å²) in [5.41, 5.74) is 6.71. The third-order valence-electron chi connectivity index (χ3n) is 8.93. The van der Waals surface area contributed by atoms with E-state index in [2.05, 4.69) is 54.6 Å². The Hall–Kier alpha value is -6.66. The van der Waals surface area contributed by atoms with E-state index in [1.807, 2.05) is 91.0 Å². The third kappa shape index (κ3) is 4.27. The van der Waals surface area contributed by atoms with Gasteiger partial charge >= 0.3 is 0 Å². The number of aromatic nitrogens is 4. The van der Waals surface area contributed by atoms with Crippen molar-refractivity contribution in [3.63, 3.8) is 0 Å². The molecule has 0 amide bonds. The summed E-state index contributed by atoms with van der Waals surface area (Å²) in [6.45, 7) is 0. The number of oxazole rings is 1. The zero-order valence-electron chi connectivity index (χ0n) is 25.5. The summed E-state index contributed by atoms with van der Waals surface area (Å²) in [5, 5.41) is 6.20. The SMILES string of the molecule is c1ccc(-c2nc(-c3ccc4ccccc4c3)nc(-c3cccc4cc5oc6ccc7oc(-c8ccccc8)nc7c6c5cc34)n2)cc1. The third-order valence-corrected chi connectivity index (χ3v) is 8.93. The maximum atomic E-state index is 6.40. The summed E-state index contributed by atoms with van der Waals surface area (Å²) in [6.07, 6.45) is 0. The van der Waals surface area contributed by atoms with Gasteiger partial charge in [0, 0.05) is 27.6 Å². The zero-order valence-corrected chi connectivity index (χ0v) is 25.5. The molecule has 7 aromatic carbocycles. The molecule has 0 spiro atoms. The number of rotatable bonds is 4. The zero-order chi connectivity index (χ0) is 31.6. The lowest BCUT2D eigenvalue weighted by Crippen LogP contribution is -2.00. The topological polar surface area (TPSA) is 77.8 Å². The van der Waals surface area contributed by atoms with Gasteiger partial charge in [0.2, 0.25) is 5.89 Å². The number of nitrogens with zero attached hydrogens (tertiary/aromatic N) is 4. The van der Waals surface area contributed by atoms with E-state index in [9.17, 15) is 0 Å². The first-order valence-corrected chi connectivity index (χ1v) is 15.8. The Balaban J connectivity index is 1.21. The molecule has 6 nitrogen and oxygen atoms in total. The fourth-order valence-corrected chi connectivity index (χ4v) is 6.59. The second-order valence-electron chi connectivity index (χ2n) is 11.9. The Bertz CT molecular complexity index is 2840. The van der Waals surface area contributed by atoms with Gasteiger partial charge in [-0.25, -0.2) is 19.9 Å². The largest absolute Gasteiger partial charge is 0.456 e. The van der Waals surface area contributed by atoms with E-state index in [0.717, 1.165) is 65.9 Å². The maximum Gasteiger partial charge on any atom is 0.227 e. The molecule has 0 radical (unpaired) electrons. The molecule has 6 heteroatoms. The summed E-state index contributed by atoms with van der Waals surface area (Å²) in [5.74, 6) is 2.42. The van der Waals surface area contributed by atoms with Crippen LogP contribution in [0.2, 0.25) is 0 Å². The normalized spacial score (nSPS) is 11.8. The lowest BCUT2D eigenvalue weighted by Gasteiger charge is -2.11. The Morgan fingerprint density at radius 1 is 0.375 bits per heavy atom. The molecule has 0 aliphatic heterocycles. The molecule has 0 aliphatic rings. The van der Waals surface area contributed by atoms with E-state index < -0.39 is 0 Å². The molecule has 0 bridgehead atoms. The molecule has 0 N–H and O–H groups in total. The highest BCUT2D eigenvalue weighted by molar-refractivity contribution is 6.20. The van der Waals surface area contributed by atoms with E-state index in [0.29, 0.717) is 28.9 Å². The average molecular weight is 617 g/mol. The van der Waals surface area contributed by atoms with Gasteiger partial charge in [-0.05, 0) is 64.0 Å². The van der Waals surface area contributed by atoms with Gasteiger partial charge in [-0.15, -0.1) is 0 Å². The molecular formula is C42H24N4O2. The predicted octanol–water partition coefficient (Wildman–Crippen LogP) is 10.9. The van der Waals surface area contributed by atoms with Crippen LogP contribution in [-0.4, -0.2) is 19.9 Å². The van der Waals surface area contributed by atoms with E-state index in [-0.39, 0.29) is 0 Å². The molecule has 0 unspecified atom stereocenters. The Morgan fingerprint density at radius 2 is 1.06 bits per heavy atom. The fourth-order valence-electron chi connectivity index (χ4n) is 6.59. The van der Waals surface area contributed by atoms with Crippen LogP contribution in [-0.2, 0) is 0 Å². The van der Waals surface area contributed by atoms with Gasteiger partial charge in [-0.1, -0.05) is 103 Å². The van der Waals surface area contributed by atoms with Crippen LogP contribution in [0, 0.1) is 0 Å². The number of furan rings is 1. The molecule has 10 rings (SSSR count). The Morgan fingerprint density at radius 3 is 1.90 bits per heavy atom. The van der Waals surface area contributed by atoms with Crippen molar-refractivity contribution in [2.24, 2.45) is 0 Å². The lowest BCUT2D eigenvalue weighted by atomic mass is 10.0. The van der Waals surface area contributed by atoms with Crippen LogP contribution < -0.4 is 0 Å². The quantitative estimate of drug-likeness (QED) is 0.196. The Kier molecular flexibility index (Phi) is 5.77. The Labute approximate surface area is 274 Å². The summed E-state index contributed by atoms with van der Waals surface area (Å²) >= 11 is 0. The fraction of sp³-hybridized carbons (Fsp3) is 0. The number of fused-ring (bicyclic) bond motifs is 7. The van der Waals surface area contributed by atoms with Gasteiger partial charge in [0.25, 0.3) is 0 Å². The van der Waals surface area contributed by atoms with Crippen LogP contribution in [0.5, 0.6) is 0 Å². The van der Waals surface area contributed by atoms with Crippen molar-refractivity contribution in [1.82, 2.24) is 19.9 Å². The van der Waals surface area contributed by atoms with Crippen molar-refractivity contribution in [2.75, 3.05) is 0 Å². The summed E-state index contributed by atoms with van der Waals surface area (Å²) < 4.78 is 12.6. The molecule has 0 saturated carbocycles. The molecule has 0 atom stereocenters. The highest BCUT2D eigenvalue weighted by Gasteiger charge is 2.19. The van der Waals surface area contributed by atoms with Crippen LogP contribution in [0.25, 0.3) is 100 Å². The molecule has 224 valence electrons. The van der Waals surface area contributed by atoms with Crippen LogP contribution in [0.3, 0.4) is 0 Å². The lowest BCUT2D eigenvalue weighted by molar-refractivity contribution is 0.619. The second kappa shape index (κ2) is 10.4. The summed E-state index contributed by atoms with van der Waals surface area (Å²) in [7, 11) is 0. The van der Waals surface area contributed by atoms with Gasteiger partial charge in [0.15, 0.2) is 23.1 Å². The minimum atomic E-state index is 0.578. The molecule has 10 aromatic rings. The van der Waals surface area contributed by atoms with Gasteiger partial charge in [-0.3, -0.25) is 0 Å². The van der Waals surface area contributed by atoms with Crippen LogP contribution >= 0.6 is 0 Å². The van der Waals surface area contributed by atoms with Crippen LogP contribution in [0.4, 0.5) is 0 Å². The minimum Gasteiger partial charge on any atom is -0.456 e.